The number of hydrogen-bond acceptors (Lipinski definition) is 7. The molecule has 0 aliphatic carbocycles. The first kappa shape index (κ1) is 25.8. The third-order valence-electron chi connectivity index (χ3n) is 3.74. The molecule has 3 aromatic rings. The van der Waals surface area contributed by atoms with Crippen molar-refractivity contribution in [1.29, 1.82) is 0 Å². The number of halogens is 1. The number of amides is 2. The minimum atomic E-state index is -4.11. The maximum absolute atomic E-state index is 12.4. The van der Waals surface area contributed by atoms with Crippen molar-refractivity contribution >= 4 is 49.3 Å². The van der Waals surface area contributed by atoms with Crippen LogP contribution in [0.5, 0.6) is 0 Å². The minimum Gasteiger partial charge on any atom is -0.366 e. The van der Waals surface area contributed by atoms with Gasteiger partial charge in [-0.2, -0.15) is 0 Å². The molecular formula is C18H15AgClN5O5S2. The fraction of sp³-hybridized carbons (Fsp3) is 0.0556. The third-order valence-corrected chi connectivity index (χ3v) is 6.62. The van der Waals surface area contributed by atoms with Gasteiger partial charge in [0.2, 0.25) is 10.0 Å². The second-order valence-electron chi connectivity index (χ2n) is 6.10. The van der Waals surface area contributed by atoms with E-state index in [2.05, 4.69) is 20.0 Å². The first-order valence-electron chi connectivity index (χ1n) is 8.52. The number of urea groups is 1. The zero-order valence-electron chi connectivity index (χ0n) is 16.2. The number of carbonyl (C=O) groups is 1. The standard InChI is InChI=1S/C18H16ClN5O5S2.Ag/c1-12-10-11-20-17(21-12)23-30(26,27)16-8-4-14(5-9-16)22-18(25)24-31(28,29)15-6-2-13(19)3-7-15;/h2-11H,1H3,(H3,20,21,22,23,24,25);/q;+1/p-1. The average Bonchev–Trinajstić information content (AvgIpc) is 2.68. The zero-order valence-corrected chi connectivity index (χ0v) is 20.0. The Morgan fingerprint density at radius 3 is 2.12 bits per heavy atom. The van der Waals surface area contributed by atoms with Gasteiger partial charge in [0.05, 0.1) is 9.79 Å². The van der Waals surface area contributed by atoms with Crippen LogP contribution < -0.4 is 10.0 Å². The van der Waals surface area contributed by atoms with Crippen LogP contribution in [0.2, 0.25) is 5.02 Å². The molecule has 0 radical (unpaired) electrons. The average molecular weight is 589 g/mol. The van der Waals surface area contributed by atoms with Gasteiger partial charge < -0.3 is 15.3 Å². The molecule has 0 fully saturated rings. The van der Waals surface area contributed by atoms with Gasteiger partial charge in [-0.1, -0.05) is 17.7 Å². The number of nitrogens with zero attached hydrogens (tertiary/aromatic N) is 3. The van der Waals surface area contributed by atoms with Crippen molar-refractivity contribution in [3.63, 3.8) is 0 Å². The van der Waals surface area contributed by atoms with E-state index in [0.29, 0.717) is 10.7 Å². The summed E-state index contributed by atoms with van der Waals surface area (Å²) in [5.74, 6) is -0.200. The van der Waals surface area contributed by atoms with E-state index >= 15 is 0 Å². The summed E-state index contributed by atoms with van der Waals surface area (Å²) in [7, 11) is -8.19. The normalized spacial score (nSPS) is 11.2. The molecule has 1 heterocycles. The summed E-state index contributed by atoms with van der Waals surface area (Å²) in [5.41, 5.74) is 0.720. The van der Waals surface area contributed by atoms with Gasteiger partial charge in [-0.15, -0.1) is 0 Å². The van der Waals surface area contributed by atoms with Crippen molar-refractivity contribution in [2.75, 3.05) is 5.32 Å². The molecule has 0 saturated heterocycles. The van der Waals surface area contributed by atoms with Gasteiger partial charge in [-0.3, -0.25) is 4.72 Å². The van der Waals surface area contributed by atoms with E-state index in [-0.39, 0.29) is 43.8 Å². The van der Waals surface area contributed by atoms with Gasteiger partial charge in [0.15, 0.2) is 0 Å². The molecule has 0 aliphatic rings. The summed E-state index contributed by atoms with van der Waals surface area (Å²) >= 11 is 5.72. The Balaban J connectivity index is 0.00000363. The maximum atomic E-state index is 12.4. The summed E-state index contributed by atoms with van der Waals surface area (Å²) in [6, 6.07) is 10.8. The third kappa shape index (κ3) is 6.76. The number of hydrogen-bond donors (Lipinski definition) is 2. The zero-order chi connectivity index (χ0) is 22.6. The Labute approximate surface area is 205 Å². The largest absolute Gasteiger partial charge is 1.00 e. The van der Waals surface area contributed by atoms with E-state index in [0.717, 1.165) is 0 Å². The Morgan fingerprint density at radius 2 is 1.53 bits per heavy atom. The van der Waals surface area contributed by atoms with E-state index in [9.17, 15) is 21.6 Å². The Kier molecular flexibility index (Phi) is 8.40. The molecule has 1 aromatic heterocycles. The number of sulfonamides is 2. The molecule has 0 atom stereocenters. The van der Waals surface area contributed by atoms with Crippen molar-refractivity contribution in [3.8, 4) is 0 Å². The summed E-state index contributed by atoms with van der Waals surface area (Å²) in [6.07, 6.45) is 1.39. The van der Waals surface area contributed by atoms with Crippen LogP contribution in [0.4, 0.5) is 16.4 Å². The van der Waals surface area contributed by atoms with Gasteiger partial charge >= 0.3 is 28.4 Å². The van der Waals surface area contributed by atoms with Gasteiger partial charge in [0.25, 0.3) is 10.0 Å². The van der Waals surface area contributed by atoms with E-state index in [1.54, 1.807) is 13.0 Å². The number of aromatic nitrogens is 2. The van der Waals surface area contributed by atoms with Crippen molar-refractivity contribution in [1.82, 2.24) is 14.7 Å². The van der Waals surface area contributed by atoms with Crippen LogP contribution in [0, 0.1) is 6.92 Å². The van der Waals surface area contributed by atoms with Gasteiger partial charge in [-0.05, 0) is 67.3 Å². The number of nitrogens with one attached hydrogen (secondary N) is 2. The summed E-state index contributed by atoms with van der Waals surface area (Å²) in [4.78, 5) is 19.4. The molecule has 10 nitrogen and oxygen atoms in total. The SMILES string of the molecule is Cc1ccnc([N-]S(=O)(=O)c2ccc(NC(=O)NS(=O)(=O)c3ccc(Cl)cc3)cc2)n1.[Ag+]. The first-order valence-corrected chi connectivity index (χ1v) is 11.8. The van der Waals surface area contributed by atoms with Crippen LogP contribution in [0.3, 0.4) is 0 Å². The quantitative estimate of drug-likeness (QED) is 0.420. The summed E-state index contributed by atoms with van der Waals surface area (Å²) < 4.78 is 54.6. The number of carbonyl (C=O) groups excluding carboxylic acids is 1. The van der Waals surface area contributed by atoms with Crippen molar-refractivity contribution in [2.24, 2.45) is 0 Å². The second kappa shape index (κ2) is 10.4. The summed E-state index contributed by atoms with van der Waals surface area (Å²) in [6.45, 7) is 1.67. The van der Waals surface area contributed by atoms with E-state index in [4.69, 9.17) is 11.6 Å². The molecule has 2 amide bonds. The van der Waals surface area contributed by atoms with E-state index in [1.165, 1.54) is 54.7 Å². The Morgan fingerprint density at radius 1 is 0.938 bits per heavy atom. The molecule has 14 heteroatoms. The van der Waals surface area contributed by atoms with Crippen molar-refractivity contribution in [3.05, 3.63) is 76.2 Å². The van der Waals surface area contributed by atoms with Gasteiger partial charge in [0, 0.05) is 16.7 Å². The molecule has 0 unspecified atom stereocenters. The fourth-order valence-electron chi connectivity index (χ4n) is 2.30. The number of rotatable bonds is 6. The molecule has 2 N–H and O–H groups in total. The van der Waals surface area contributed by atoms with Crippen molar-refractivity contribution in [2.45, 2.75) is 16.7 Å². The predicted molar refractivity (Wildman–Crippen MR) is 114 cm³/mol. The molecule has 32 heavy (non-hydrogen) atoms. The molecule has 0 saturated carbocycles. The molecule has 0 aliphatic heterocycles. The monoisotopic (exact) mass is 587 g/mol. The Bertz CT molecular complexity index is 1320. The van der Waals surface area contributed by atoms with Crippen LogP contribution in [0.15, 0.2) is 70.6 Å². The molecular weight excluding hydrogens is 574 g/mol. The predicted octanol–water partition coefficient (Wildman–Crippen LogP) is 3.34. The maximum Gasteiger partial charge on any atom is 1.00 e. The number of aryl methyl sites for hydroxylation is 1. The molecule has 2 aromatic carbocycles. The molecule has 0 bridgehead atoms. The minimum absolute atomic E-state index is 0. The van der Waals surface area contributed by atoms with Crippen LogP contribution in [0.1, 0.15) is 5.69 Å². The second-order valence-corrected chi connectivity index (χ2v) is 9.83. The van der Waals surface area contributed by atoms with Crippen LogP contribution >= 0.6 is 11.6 Å². The Hall–Kier alpha value is -2.48. The number of anilines is 1. The van der Waals surface area contributed by atoms with Gasteiger partial charge in [0.1, 0.15) is 0 Å². The van der Waals surface area contributed by atoms with E-state index < -0.39 is 26.1 Å². The fourth-order valence-corrected chi connectivity index (χ4v) is 4.22. The topological polar surface area (TPSA) is 149 Å². The first-order chi connectivity index (χ1) is 14.5. The molecule has 172 valence electrons. The van der Waals surface area contributed by atoms with Crippen LogP contribution in [0.25, 0.3) is 4.72 Å². The molecule has 3 rings (SSSR count). The number of benzene rings is 2. The molecule has 0 spiro atoms. The van der Waals surface area contributed by atoms with Crippen molar-refractivity contribution < 1.29 is 44.0 Å². The summed E-state index contributed by atoms with van der Waals surface area (Å²) in [5, 5.41) is 2.66. The van der Waals surface area contributed by atoms with E-state index in [1.807, 2.05) is 4.72 Å². The smallest absolute Gasteiger partial charge is 0.366 e. The van der Waals surface area contributed by atoms with Gasteiger partial charge in [-0.25, -0.2) is 26.4 Å². The van der Waals surface area contributed by atoms with Crippen LogP contribution in [-0.4, -0.2) is 32.8 Å². The van der Waals surface area contributed by atoms with Crippen LogP contribution in [-0.2, 0) is 42.4 Å².